The van der Waals surface area contributed by atoms with Gasteiger partial charge >= 0.3 is 0 Å². The molecular formula is C17H20ClN3O2. The summed E-state index contributed by atoms with van der Waals surface area (Å²) in [5.74, 6) is 0.581. The molecule has 0 unspecified atom stereocenters. The molecule has 122 valence electrons. The Labute approximate surface area is 141 Å². The van der Waals surface area contributed by atoms with Gasteiger partial charge < -0.3 is 20.1 Å². The van der Waals surface area contributed by atoms with Crippen molar-refractivity contribution in [2.24, 2.45) is 0 Å². The van der Waals surface area contributed by atoms with E-state index in [2.05, 4.69) is 27.8 Å². The van der Waals surface area contributed by atoms with E-state index in [1.165, 1.54) is 5.56 Å². The minimum Gasteiger partial charge on any atom is -0.491 e. The number of aromatic nitrogens is 1. The van der Waals surface area contributed by atoms with Gasteiger partial charge in [0.1, 0.15) is 0 Å². The molecule has 0 aliphatic carbocycles. The maximum atomic E-state index is 6.00. The van der Waals surface area contributed by atoms with Gasteiger partial charge in [-0.15, -0.1) is 0 Å². The van der Waals surface area contributed by atoms with Gasteiger partial charge in [0, 0.05) is 24.8 Å². The first-order chi connectivity index (χ1) is 11.3. The van der Waals surface area contributed by atoms with E-state index in [1.807, 2.05) is 25.1 Å². The molecule has 0 radical (unpaired) electrons. The van der Waals surface area contributed by atoms with Crippen molar-refractivity contribution >= 4 is 23.0 Å². The second-order valence-electron chi connectivity index (χ2n) is 5.26. The molecule has 1 saturated heterocycles. The van der Waals surface area contributed by atoms with Crippen LogP contribution in [0.25, 0.3) is 0 Å². The SMILES string of the molecule is CCOc1cc(Nc2ccc([C@H]3CNCCO3)cc2)cnc1Cl. The minimum absolute atomic E-state index is 0.125. The average molecular weight is 334 g/mol. The van der Waals surface area contributed by atoms with Crippen LogP contribution in [0, 0.1) is 0 Å². The number of anilines is 2. The molecule has 1 fully saturated rings. The summed E-state index contributed by atoms with van der Waals surface area (Å²) in [6.07, 6.45) is 1.81. The van der Waals surface area contributed by atoms with Crippen molar-refractivity contribution in [3.8, 4) is 5.75 Å². The third-order valence-electron chi connectivity index (χ3n) is 3.61. The fraction of sp³-hybridized carbons (Fsp3) is 0.353. The van der Waals surface area contributed by atoms with Gasteiger partial charge in [0.15, 0.2) is 10.9 Å². The van der Waals surface area contributed by atoms with Crippen LogP contribution in [0.5, 0.6) is 5.75 Å². The number of rotatable bonds is 5. The molecule has 5 nitrogen and oxygen atoms in total. The van der Waals surface area contributed by atoms with Crippen LogP contribution in [0.4, 0.5) is 11.4 Å². The summed E-state index contributed by atoms with van der Waals surface area (Å²) in [5.41, 5.74) is 2.98. The van der Waals surface area contributed by atoms with Gasteiger partial charge in [0.25, 0.3) is 0 Å². The zero-order valence-corrected chi connectivity index (χ0v) is 13.8. The molecule has 1 aliphatic heterocycles. The summed E-state index contributed by atoms with van der Waals surface area (Å²) >= 11 is 6.00. The molecule has 2 N–H and O–H groups in total. The standard InChI is InChI=1S/C17H20ClN3O2/c1-2-22-15-9-14(10-20-17(15)18)21-13-5-3-12(4-6-13)16-11-19-7-8-23-16/h3-6,9-10,16,19,21H,2,7-8,11H2,1H3/t16-/m1/s1. The monoisotopic (exact) mass is 333 g/mol. The molecule has 0 spiro atoms. The average Bonchev–Trinajstić information content (AvgIpc) is 2.60. The second kappa shape index (κ2) is 7.64. The second-order valence-corrected chi connectivity index (χ2v) is 5.61. The third kappa shape index (κ3) is 4.13. The molecule has 1 aromatic heterocycles. The topological polar surface area (TPSA) is 55.4 Å². The summed E-state index contributed by atoms with van der Waals surface area (Å²) in [6.45, 7) is 4.99. The Morgan fingerprint density at radius 2 is 2.17 bits per heavy atom. The van der Waals surface area contributed by atoms with Crippen molar-refractivity contribution in [3.63, 3.8) is 0 Å². The first-order valence-corrected chi connectivity index (χ1v) is 8.11. The number of halogens is 1. The van der Waals surface area contributed by atoms with Crippen LogP contribution < -0.4 is 15.4 Å². The van der Waals surface area contributed by atoms with Gasteiger partial charge in [-0.1, -0.05) is 23.7 Å². The number of nitrogens with zero attached hydrogens (tertiary/aromatic N) is 1. The van der Waals surface area contributed by atoms with Gasteiger partial charge in [-0.2, -0.15) is 0 Å². The minimum atomic E-state index is 0.125. The predicted octanol–water partition coefficient (Wildman–Crippen LogP) is 3.54. The number of morpholine rings is 1. The zero-order valence-electron chi connectivity index (χ0n) is 13.0. The number of ether oxygens (including phenoxy) is 2. The summed E-state index contributed by atoms with van der Waals surface area (Å²) in [6, 6.07) is 10.1. The Kier molecular flexibility index (Phi) is 5.33. The Balaban J connectivity index is 1.69. The fourth-order valence-electron chi connectivity index (χ4n) is 2.48. The third-order valence-corrected chi connectivity index (χ3v) is 3.89. The highest BCUT2D eigenvalue weighted by atomic mass is 35.5. The number of nitrogens with one attached hydrogen (secondary N) is 2. The highest BCUT2D eigenvalue weighted by Crippen LogP contribution is 2.28. The first kappa shape index (κ1) is 16.1. The molecule has 2 aromatic rings. The summed E-state index contributed by atoms with van der Waals surface area (Å²) < 4.78 is 11.2. The van der Waals surface area contributed by atoms with E-state index in [0.717, 1.165) is 31.1 Å². The van der Waals surface area contributed by atoms with Gasteiger partial charge in [-0.05, 0) is 24.6 Å². The van der Waals surface area contributed by atoms with Crippen molar-refractivity contribution in [2.75, 3.05) is 31.6 Å². The lowest BCUT2D eigenvalue weighted by molar-refractivity contribution is 0.0277. The summed E-state index contributed by atoms with van der Waals surface area (Å²) in [7, 11) is 0. The lowest BCUT2D eigenvalue weighted by atomic mass is 10.1. The van der Waals surface area contributed by atoms with E-state index in [0.29, 0.717) is 17.5 Å². The number of pyridine rings is 1. The molecule has 23 heavy (non-hydrogen) atoms. The highest BCUT2D eigenvalue weighted by Gasteiger charge is 2.15. The molecule has 1 aromatic carbocycles. The van der Waals surface area contributed by atoms with E-state index in [-0.39, 0.29) is 6.10 Å². The molecule has 6 heteroatoms. The Bertz CT molecular complexity index is 643. The van der Waals surface area contributed by atoms with Crippen molar-refractivity contribution in [3.05, 3.63) is 47.2 Å². The first-order valence-electron chi connectivity index (χ1n) is 7.74. The molecule has 1 atom stereocenters. The van der Waals surface area contributed by atoms with Crippen molar-refractivity contribution in [1.82, 2.24) is 10.3 Å². The van der Waals surface area contributed by atoms with Crippen LogP contribution in [-0.2, 0) is 4.74 Å². The Hall–Kier alpha value is -1.82. The maximum Gasteiger partial charge on any atom is 0.171 e. The van der Waals surface area contributed by atoms with Gasteiger partial charge in [-0.3, -0.25) is 0 Å². The molecule has 0 saturated carbocycles. The fourth-order valence-corrected chi connectivity index (χ4v) is 2.64. The van der Waals surface area contributed by atoms with Crippen LogP contribution in [0.15, 0.2) is 36.5 Å². The normalized spacial score (nSPS) is 17.7. The van der Waals surface area contributed by atoms with E-state index in [9.17, 15) is 0 Å². The summed E-state index contributed by atoms with van der Waals surface area (Å²) in [5, 5.41) is 7.01. The molecule has 0 bridgehead atoms. The van der Waals surface area contributed by atoms with Crippen molar-refractivity contribution in [1.29, 1.82) is 0 Å². The van der Waals surface area contributed by atoms with Crippen LogP contribution in [0.1, 0.15) is 18.6 Å². The van der Waals surface area contributed by atoms with Gasteiger partial charge in [0.2, 0.25) is 0 Å². The van der Waals surface area contributed by atoms with Gasteiger partial charge in [-0.25, -0.2) is 4.98 Å². The van der Waals surface area contributed by atoms with E-state index in [4.69, 9.17) is 21.1 Å². The quantitative estimate of drug-likeness (QED) is 0.820. The maximum absolute atomic E-state index is 6.00. The molecule has 2 heterocycles. The van der Waals surface area contributed by atoms with Crippen LogP contribution >= 0.6 is 11.6 Å². The summed E-state index contributed by atoms with van der Waals surface area (Å²) in [4.78, 5) is 4.13. The van der Waals surface area contributed by atoms with Crippen LogP contribution in [-0.4, -0.2) is 31.3 Å². The van der Waals surface area contributed by atoms with E-state index < -0.39 is 0 Å². The molecular weight excluding hydrogens is 314 g/mol. The molecule has 1 aliphatic rings. The Morgan fingerprint density at radius 3 is 2.87 bits per heavy atom. The van der Waals surface area contributed by atoms with E-state index in [1.54, 1.807) is 6.20 Å². The largest absolute Gasteiger partial charge is 0.491 e. The lowest BCUT2D eigenvalue weighted by Crippen LogP contribution is -2.33. The van der Waals surface area contributed by atoms with Crippen molar-refractivity contribution in [2.45, 2.75) is 13.0 Å². The molecule has 3 rings (SSSR count). The van der Waals surface area contributed by atoms with E-state index >= 15 is 0 Å². The smallest absolute Gasteiger partial charge is 0.171 e. The Morgan fingerprint density at radius 1 is 1.35 bits per heavy atom. The number of hydrogen-bond donors (Lipinski definition) is 2. The van der Waals surface area contributed by atoms with Crippen molar-refractivity contribution < 1.29 is 9.47 Å². The highest BCUT2D eigenvalue weighted by molar-refractivity contribution is 6.30. The van der Waals surface area contributed by atoms with Crippen LogP contribution in [0.2, 0.25) is 5.15 Å². The number of benzene rings is 1. The molecule has 0 amide bonds. The van der Waals surface area contributed by atoms with Gasteiger partial charge in [0.05, 0.1) is 31.2 Å². The zero-order chi connectivity index (χ0) is 16.1. The number of hydrogen-bond acceptors (Lipinski definition) is 5. The van der Waals surface area contributed by atoms with Crippen LogP contribution in [0.3, 0.4) is 0 Å². The predicted molar refractivity (Wildman–Crippen MR) is 91.7 cm³/mol. The lowest BCUT2D eigenvalue weighted by Gasteiger charge is -2.24.